The van der Waals surface area contributed by atoms with Crippen LogP contribution in [0, 0.1) is 24.2 Å². The van der Waals surface area contributed by atoms with Crippen molar-refractivity contribution in [3.8, 4) is 6.07 Å². The van der Waals surface area contributed by atoms with Gasteiger partial charge in [-0.1, -0.05) is 54.3 Å². The first-order chi connectivity index (χ1) is 15.8. The lowest BCUT2D eigenvalue weighted by Crippen LogP contribution is -2.39. The van der Waals surface area contributed by atoms with Gasteiger partial charge in [0.2, 0.25) is 0 Å². The number of nitriles is 1. The highest BCUT2D eigenvalue weighted by molar-refractivity contribution is 8.26. The van der Waals surface area contributed by atoms with Gasteiger partial charge in [0.25, 0.3) is 11.5 Å². The fourth-order valence-corrected chi connectivity index (χ4v) is 5.73. The van der Waals surface area contributed by atoms with Crippen LogP contribution in [0.5, 0.6) is 0 Å². The van der Waals surface area contributed by atoms with Gasteiger partial charge in [0, 0.05) is 32.7 Å². The van der Waals surface area contributed by atoms with E-state index in [0.29, 0.717) is 20.7 Å². The molecule has 4 rings (SSSR count). The summed E-state index contributed by atoms with van der Waals surface area (Å²) in [7, 11) is 3.36. The van der Waals surface area contributed by atoms with Gasteiger partial charge in [-0.3, -0.25) is 19.1 Å². The molecule has 170 valence electrons. The zero-order chi connectivity index (χ0) is 23.7. The number of anilines is 1. The minimum Gasteiger partial charge on any atom is -0.357 e. The summed E-state index contributed by atoms with van der Waals surface area (Å²) in [6.07, 6.45) is 4.87. The highest BCUT2D eigenvalue weighted by atomic mass is 32.2. The molecule has 2 aromatic rings. The fourth-order valence-electron chi connectivity index (χ4n) is 4.57. The molecule has 1 amide bonds. The number of piperidine rings is 1. The number of thiocarbonyl (C=S) groups is 1. The minimum atomic E-state index is -0.309. The Hall–Kier alpha value is -2.89. The number of rotatable bonds is 4. The topological polar surface area (TPSA) is 69.3 Å². The van der Waals surface area contributed by atoms with Crippen molar-refractivity contribution in [3.63, 3.8) is 0 Å². The highest BCUT2D eigenvalue weighted by Gasteiger charge is 2.31. The number of pyridine rings is 1. The number of carbonyl (C=O) groups is 1. The predicted molar refractivity (Wildman–Crippen MR) is 137 cm³/mol. The third kappa shape index (κ3) is 4.48. The number of carbonyl (C=O) groups excluding carboxylic acids is 1. The fraction of sp³-hybridized carbons (Fsp3) is 0.360. The number of thioether (sulfide) groups is 1. The number of hydrogen-bond acceptors (Lipinski definition) is 6. The van der Waals surface area contributed by atoms with Crippen molar-refractivity contribution in [1.29, 1.82) is 5.26 Å². The molecule has 3 heterocycles. The van der Waals surface area contributed by atoms with Gasteiger partial charge in [-0.05, 0) is 49.3 Å². The first-order valence-electron chi connectivity index (χ1n) is 11.0. The largest absolute Gasteiger partial charge is 0.357 e. The van der Waals surface area contributed by atoms with Crippen molar-refractivity contribution < 1.29 is 4.79 Å². The third-order valence-electron chi connectivity index (χ3n) is 6.51. The number of nitrogens with zero attached hydrogens (tertiary/aromatic N) is 4. The molecule has 0 saturated carbocycles. The lowest BCUT2D eigenvalue weighted by molar-refractivity contribution is -0.121. The molecule has 0 N–H and O–H groups in total. The zero-order valence-electron chi connectivity index (χ0n) is 19.0. The van der Waals surface area contributed by atoms with E-state index in [1.165, 1.54) is 22.2 Å². The van der Waals surface area contributed by atoms with Crippen molar-refractivity contribution in [2.45, 2.75) is 26.2 Å². The van der Waals surface area contributed by atoms with Crippen molar-refractivity contribution in [2.75, 3.05) is 25.0 Å². The maximum atomic E-state index is 12.9. The summed E-state index contributed by atoms with van der Waals surface area (Å²) in [6, 6.07) is 12.6. The van der Waals surface area contributed by atoms with E-state index < -0.39 is 0 Å². The summed E-state index contributed by atoms with van der Waals surface area (Å²) in [5, 5.41) is 9.62. The Labute approximate surface area is 203 Å². The smallest absolute Gasteiger partial charge is 0.270 e. The summed E-state index contributed by atoms with van der Waals surface area (Å²) < 4.78 is 2.05. The van der Waals surface area contributed by atoms with Crippen LogP contribution in [0.25, 0.3) is 6.08 Å². The Morgan fingerprint density at radius 3 is 2.42 bits per heavy atom. The molecule has 33 heavy (non-hydrogen) atoms. The van der Waals surface area contributed by atoms with Crippen LogP contribution < -0.4 is 10.5 Å². The second-order valence-electron chi connectivity index (χ2n) is 8.57. The Balaban J connectivity index is 1.68. The molecule has 0 radical (unpaired) electrons. The zero-order valence-corrected chi connectivity index (χ0v) is 20.6. The Kier molecular flexibility index (Phi) is 6.73. The SMILES string of the molecule is Cc1c(/C=C2\SC(=S)N(C)C2=O)c(N2CCC(Cc3ccccc3)CC2)n(C)c(=O)c1C#N. The summed E-state index contributed by atoms with van der Waals surface area (Å²) in [4.78, 5) is 29.8. The van der Waals surface area contributed by atoms with E-state index in [2.05, 4.69) is 35.2 Å². The molecule has 2 aliphatic heterocycles. The van der Waals surface area contributed by atoms with Gasteiger partial charge in [0.05, 0.1) is 4.91 Å². The van der Waals surface area contributed by atoms with Crippen LogP contribution in [0.3, 0.4) is 0 Å². The predicted octanol–water partition coefficient (Wildman–Crippen LogP) is 3.86. The third-order valence-corrected chi connectivity index (χ3v) is 8.00. The molecule has 2 aliphatic rings. The Morgan fingerprint density at radius 1 is 1.18 bits per heavy atom. The number of likely N-dealkylation sites (N-methyl/N-ethyl adjacent to an activating group) is 1. The molecule has 6 nitrogen and oxygen atoms in total. The molecule has 2 fully saturated rings. The normalized spacial score (nSPS) is 18.3. The molecule has 2 saturated heterocycles. The molecular formula is C25H26N4O2S2. The lowest BCUT2D eigenvalue weighted by atomic mass is 9.90. The molecule has 1 aromatic heterocycles. The number of benzene rings is 1. The second-order valence-corrected chi connectivity index (χ2v) is 10.2. The standard InChI is InChI=1S/C25H26N4O2S2/c1-16-19(14-21-24(31)28(3)25(32)33-21)22(27(2)23(30)20(16)15-26)29-11-9-18(10-12-29)13-17-7-5-4-6-8-17/h4-8,14,18H,9-13H2,1-3H3/b21-14-. The van der Waals surface area contributed by atoms with Crippen LogP contribution >= 0.6 is 24.0 Å². The van der Waals surface area contributed by atoms with Gasteiger partial charge in [-0.25, -0.2) is 0 Å². The maximum Gasteiger partial charge on any atom is 0.270 e. The van der Waals surface area contributed by atoms with Crippen LogP contribution in [0.4, 0.5) is 5.82 Å². The van der Waals surface area contributed by atoms with Crippen molar-refractivity contribution >= 4 is 46.1 Å². The van der Waals surface area contributed by atoms with Gasteiger partial charge < -0.3 is 4.90 Å². The average Bonchev–Trinajstić information content (AvgIpc) is 3.06. The quantitative estimate of drug-likeness (QED) is 0.491. The van der Waals surface area contributed by atoms with Crippen molar-refractivity contribution in [1.82, 2.24) is 9.47 Å². The van der Waals surface area contributed by atoms with E-state index in [-0.39, 0.29) is 17.0 Å². The average molecular weight is 479 g/mol. The van der Waals surface area contributed by atoms with Gasteiger partial charge >= 0.3 is 0 Å². The summed E-state index contributed by atoms with van der Waals surface area (Å²) in [6.45, 7) is 3.40. The van der Waals surface area contributed by atoms with Gasteiger partial charge in [-0.2, -0.15) is 5.26 Å². The van der Waals surface area contributed by atoms with Gasteiger partial charge in [0.15, 0.2) is 0 Å². The van der Waals surface area contributed by atoms with Gasteiger partial charge in [0.1, 0.15) is 21.8 Å². The van der Waals surface area contributed by atoms with Crippen LogP contribution in [-0.4, -0.2) is 39.8 Å². The Bertz CT molecular complexity index is 1240. The number of amides is 1. The van der Waals surface area contributed by atoms with E-state index in [1.807, 2.05) is 6.07 Å². The first-order valence-corrected chi connectivity index (χ1v) is 12.2. The number of aromatic nitrogens is 1. The molecule has 0 atom stereocenters. The minimum absolute atomic E-state index is 0.110. The second kappa shape index (κ2) is 9.54. The van der Waals surface area contributed by atoms with Crippen LogP contribution in [0.1, 0.15) is 35.1 Å². The molecule has 0 aliphatic carbocycles. The Morgan fingerprint density at radius 2 is 1.85 bits per heavy atom. The summed E-state index contributed by atoms with van der Waals surface area (Å²) in [5.74, 6) is 1.18. The van der Waals surface area contributed by atoms with E-state index in [1.54, 1.807) is 31.7 Å². The summed E-state index contributed by atoms with van der Waals surface area (Å²) >= 11 is 6.52. The molecule has 8 heteroatoms. The first kappa shape index (κ1) is 23.3. The van der Waals surface area contributed by atoms with Crippen molar-refractivity contribution in [3.05, 3.63) is 67.8 Å². The van der Waals surface area contributed by atoms with Gasteiger partial charge in [-0.15, -0.1) is 0 Å². The van der Waals surface area contributed by atoms with Crippen LogP contribution in [-0.2, 0) is 18.3 Å². The molecule has 0 unspecified atom stereocenters. The summed E-state index contributed by atoms with van der Waals surface area (Å²) in [5.41, 5.74) is 2.49. The van der Waals surface area contributed by atoms with E-state index in [4.69, 9.17) is 12.2 Å². The maximum absolute atomic E-state index is 12.9. The monoisotopic (exact) mass is 478 g/mol. The molecule has 0 spiro atoms. The van der Waals surface area contributed by atoms with E-state index >= 15 is 0 Å². The van der Waals surface area contributed by atoms with Crippen molar-refractivity contribution in [2.24, 2.45) is 13.0 Å². The van der Waals surface area contributed by atoms with Crippen LogP contribution in [0.2, 0.25) is 0 Å². The lowest BCUT2D eigenvalue weighted by Gasteiger charge is -2.36. The van der Waals surface area contributed by atoms with E-state index in [9.17, 15) is 14.9 Å². The molecule has 0 bridgehead atoms. The van der Waals surface area contributed by atoms with E-state index in [0.717, 1.165) is 43.7 Å². The van der Waals surface area contributed by atoms with Crippen LogP contribution in [0.15, 0.2) is 40.0 Å². The molecule has 1 aromatic carbocycles. The molecular weight excluding hydrogens is 452 g/mol. The number of hydrogen-bond donors (Lipinski definition) is 0. The highest BCUT2D eigenvalue weighted by Crippen LogP contribution is 2.36.